The normalized spacial score (nSPS) is 12.7. The maximum atomic E-state index is 14.6. The van der Waals surface area contributed by atoms with Crippen LogP contribution in [0, 0.1) is 6.92 Å². The standard InChI is InChI=1S/C35H36Cl3N3O4S/c1-4-25(3)39-35(43)33(21-26-11-7-5-8-12-26)40(22-27-15-17-30(37)31(38)20-27)34(42)23-41(32-18-16-28(36)19-24(32)2)46(44,45)29-13-9-6-10-14-29/h5-20,25,33H,4,21-23H2,1-3H3,(H,39,43)/t25-,33-/m1/s1. The number of benzene rings is 4. The second kappa shape index (κ2) is 15.8. The number of hydrogen-bond donors (Lipinski definition) is 1. The highest BCUT2D eigenvalue weighted by molar-refractivity contribution is 7.92. The van der Waals surface area contributed by atoms with Crippen LogP contribution in [0.25, 0.3) is 0 Å². The Morgan fingerprint density at radius 2 is 1.48 bits per heavy atom. The number of carbonyl (C=O) groups excluding carboxylic acids is 2. The fourth-order valence-corrected chi connectivity index (χ4v) is 7.01. The van der Waals surface area contributed by atoms with Crippen molar-refractivity contribution in [2.24, 2.45) is 0 Å². The van der Waals surface area contributed by atoms with Crippen LogP contribution in [0.1, 0.15) is 37.0 Å². The first-order valence-corrected chi connectivity index (χ1v) is 17.4. The fraction of sp³-hybridized carbons (Fsp3) is 0.257. The van der Waals surface area contributed by atoms with Gasteiger partial charge in [-0.25, -0.2) is 8.42 Å². The smallest absolute Gasteiger partial charge is 0.264 e. The van der Waals surface area contributed by atoms with Gasteiger partial charge in [-0.1, -0.05) is 96.3 Å². The molecule has 0 saturated heterocycles. The Labute approximate surface area is 286 Å². The van der Waals surface area contributed by atoms with E-state index in [1.54, 1.807) is 61.5 Å². The lowest BCUT2D eigenvalue weighted by molar-refractivity contribution is -0.140. The van der Waals surface area contributed by atoms with E-state index in [1.165, 1.54) is 17.0 Å². The summed E-state index contributed by atoms with van der Waals surface area (Å²) in [6.45, 7) is 4.96. The van der Waals surface area contributed by atoms with E-state index in [9.17, 15) is 18.0 Å². The molecular formula is C35H36Cl3N3O4S. The summed E-state index contributed by atoms with van der Waals surface area (Å²) >= 11 is 18.8. The number of rotatable bonds is 13. The fourth-order valence-electron chi connectivity index (χ4n) is 4.96. The van der Waals surface area contributed by atoms with Crippen molar-refractivity contribution in [3.8, 4) is 0 Å². The van der Waals surface area contributed by atoms with Gasteiger partial charge in [0.1, 0.15) is 12.6 Å². The molecule has 242 valence electrons. The molecule has 0 fully saturated rings. The van der Waals surface area contributed by atoms with Gasteiger partial charge in [0.2, 0.25) is 11.8 Å². The molecule has 0 radical (unpaired) electrons. The minimum absolute atomic E-state index is 0.0172. The molecule has 46 heavy (non-hydrogen) atoms. The number of halogens is 3. The van der Waals surface area contributed by atoms with Gasteiger partial charge in [-0.3, -0.25) is 13.9 Å². The highest BCUT2D eigenvalue weighted by atomic mass is 35.5. The maximum absolute atomic E-state index is 14.6. The van der Waals surface area contributed by atoms with Gasteiger partial charge in [0.05, 0.1) is 20.6 Å². The predicted molar refractivity (Wildman–Crippen MR) is 186 cm³/mol. The number of hydrogen-bond acceptors (Lipinski definition) is 4. The Bertz CT molecular complexity index is 1770. The average Bonchev–Trinajstić information content (AvgIpc) is 3.04. The molecule has 4 aromatic carbocycles. The minimum Gasteiger partial charge on any atom is -0.352 e. The third-order valence-corrected chi connectivity index (χ3v) is 10.4. The summed E-state index contributed by atoms with van der Waals surface area (Å²) in [7, 11) is -4.23. The molecule has 2 amide bonds. The van der Waals surface area contributed by atoms with Crippen LogP contribution in [-0.4, -0.2) is 43.8 Å². The van der Waals surface area contributed by atoms with Crippen LogP contribution in [0.3, 0.4) is 0 Å². The molecular weight excluding hydrogens is 665 g/mol. The summed E-state index contributed by atoms with van der Waals surface area (Å²) in [6.07, 6.45) is 0.880. The van der Waals surface area contributed by atoms with E-state index in [4.69, 9.17) is 34.8 Å². The van der Waals surface area contributed by atoms with E-state index in [2.05, 4.69) is 5.32 Å². The van der Waals surface area contributed by atoms with Gasteiger partial charge in [0, 0.05) is 24.0 Å². The van der Waals surface area contributed by atoms with Crippen LogP contribution >= 0.6 is 34.8 Å². The van der Waals surface area contributed by atoms with Crippen LogP contribution in [0.4, 0.5) is 5.69 Å². The molecule has 11 heteroatoms. The maximum Gasteiger partial charge on any atom is 0.264 e. The van der Waals surface area contributed by atoms with Gasteiger partial charge in [-0.15, -0.1) is 0 Å². The van der Waals surface area contributed by atoms with Gasteiger partial charge < -0.3 is 10.2 Å². The summed E-state index contributed by atoms with van der Waals surface area (Å²) in [5.74, 6) is -0.938. The number of carbonyl (C=O) groups is 2. The molecule has 0 aromatic heterocycles. The highest BCUT2D eigenvalue weighted by Crippen LogP contribution is 2.30. The number of amides is 2. The molecule has 0 aliphatic rings. The molecule has 1 N–H and O–H groups in total. The van der Waals surface area contributed by atoms with Crippen LogP contribution < -0.4 is 9.62 Å². The lowest BCUT2D eigenvalue weighted by Crippen LogP contribution is -2.54. The molecule has 4 aromatic rings. The molecule has 0 unspecified atom stereocenters. The zero-order chi connectivity index (χ0) is 33.4. The molecule has 0 aliphatic carbocycles. The Hall–Kier alpha value is -3.56. The Kier molecular flexibility index (Phi) is 12.1. The minimum atomic E-state index is -4.23. The molecule has 4 rings (SSSR count). The average molecular weight is 701 g/mol. The van der Waals surface area contributed by atoms with E-state index >= 15 is 0 Å². The van der Waals surface area contributed by atoms with E-state index in [0.717, 1.165) is 9.87 Å². The van der Waals surface area contributed by atoms with E-state index < -0.39 is 28.5 Å². The Balaban J connectivity index is 1.84. The molecule has 0 saturated carbocycles. The molecule has 0 heterocycles. The van der Waals surface area contributed by atoms with Crippen molar-refractivity contribution >= 4 is 62.3 Å². The van der Waals surface area contributed by atoms with E-state index in [-0.39, 0.29) is 29.8 Å². The lowest BCUT2D eigenvalue weighted by Gasteiger charge is -2.34. The topological polar surface area (TPSA) is 86.8 Å². The van der Waals surface area contributed by atoms with Crippen LogP contribution in [0.5, 0.6) is 0 Å². The first-order chi connectivity index (χ1) is 21.9. The molecule has 7 nitrogen and oxygen atoms in total. The van der Waals surface area contributed by atoms with Crippen molar-refractivity contribution in [2.45, 2.75) is 57.1 Å². The second-order valence-electron chi connectivity index (χ2n) is 11.0. The van der Waals surface area contributed by atoms with Gasteiger partial charge in [-0.2, -0.15) is 0 Å². The van der Waals surface area contributed by atoms with Crippen LogP contribution in [0.2, 0.25) is 15.1 Å². The number of aryl methyl sites for hydroxylation is 1. The molecule has 0 bridgehead atoms. The summed E-state index contributed by atoms with van der Waals surface area (Å²) < 4.78 is 29.4. The lowest BCUT2D eigenvalue weighted by atomic mass is 10.0. The zero-order valence-corrected chi connectivity index (χ0v) is 28.9. The van der Waals surface area contributed by atoms with Crippen LogP contribution in [-0.2, 0) is 32.6 Å². The van der Waals surface area contributed by atoms with Crippen molar-refractivity contribution in [1.29, 1.82) is 0 Å². The van der Waals surface area contributed by atoms with Crippen molar-refractivity contribution < 1.29 is 18.0 Å². The summed E-state index contributed by atoms with van der Waals surface area (Å²) in [6, 6.07) is 25.9. The van der Waals surface area contributed by atoms with E-state index in [1.807, 2.05) is 44.2 Å². The van der Waals surface area contributed by atoms with Gasteiger partial charge >= 0.3 is 0 Å². The predicted octanol–water partition coefficient (Wildman–Crippen LogP) is 7.71. The molecule has 0 spiro atoms. The van der Waals surface area contributed by atoms with Gasteiger partial charge in [0.25, 0.3) is 10.0 Å². The van der Waals surface area contributed by atoms with Crippen molar-refractivity contribution in [3.63, 3.8) is 0 Å². The highest BCUT2D eigenvalue weighted by Gasteiger charge is 2.35. The number of anilines is 1. The Morgan fingerprint density at radius 3 is 2.09 bits per heavy atom. The van der Waals surface area contributed by atoms with Crippen molar-refractivity contribution in [3.05, 3.63) is 129 Å². The van der Waals surface area contributed by atoms with E-state index in [0.29, 0.717) is 38.3 Å². The SMILES string of the molecule is CC[C@@H](C)NC(=O)[C@@H](Cc1ccccc1)N(Cc1ccc(Cl)c(Cl)c1)C(=O)CN(c1ccc(Cl)cc1C)S(=O)(=O)c1ccccc1. The van der Waals surface area contributed by atoms with Gasteiger partial charge in [0.15, 0.2) is 0 Å². The zero-order valence-electron chi connectivity index (χ0n) is 25.8. The Morgan fingerprint density at radius 1 is 0.826 bits per heavy atom. The number of nitrogens with one attached hydrogen (secondary N) is 1. The monoisotopic (exact) mass is 699 g/mol. The quantitative estimate of drug-likeness (QED) is 0.155. The largest absolute Gasteiger partial charge is 0.352 e. The summed E-state index contributed by atoms with van der Waals surface area (Å²) in [4.78, 5) is 30.0. The third kappa shape index (κ3) is 8.82. The summed E-state index contributed by atoms with van der Waals surface area (Å²) in [5, 5.41) is 4.08. The second-order valence-corrected chi connectivity index (χ2v) is 14.2. The van der Waals surface area contributed by atoms with Crippen LogP contribution in [0.15, 0.2) is 102 Å². The first-order valence-electron chi connectivity index (χ1n) is 14.8. The number of nitrogens with zero attached hydrogens (tertiary/aromatic N) is 2. The first kappa shape index (κ1) is 35.3. The van der Waals surface area contributed by atoms with Gasteiger partial charge in [-0.05, 0) is 79.4 Å². The number of sulfonamides is 1. The molecule has 2 atom stereocenters. The third-order valence-electron chi connectivity index (χ3n) is 7.65. The molecule has 0 aliphatic heterocycles. The van der Waals surface area contributed by atoms with Crippen molar-refractivity contribution in [1.82, 2.24) is 10.2 Å². The summed E-state index contributed by atoms with van der Waals surface area (Å²) in [5.41, 5.74) is 2.31. The van der Waals surface area contributed by atoms with Crippen molar-refractivity contribution in [2.75, 3.05) is 10.8 Å².